The van der Waals surface area contributed by atoms with E-state index in [1.54, 1.807) is 5.38 Å². The summed E-state index contributed by atoms with van der Waals surface area (Å²) in [6.45, 7) is 1.94. The molecule has 8 heteroatoms. The van der Waals surface area contributed by atoms with Gasteiger partial charge in [-0.2, -0.15) is 0 Å². The highest BCUT2D eigenvalue weighted by Gasteiger charge is 2.16. The molecule has 0 saturated heterocycles. The molecule has 3 rings (SSSR count). The van der Waals surface area contributed by atoms with Crippen LogP contribution in [-0.2, 0) is 11.2 Å². The van der Waals surface area contributed by atoms with E-state index < -0.39 is 0 Å². The molecule has 1 fully saturated rings. The van der Waals surface area contributed by atoms with Gasteiger partial charge in [0.1, 0.15) is 0 Å². The standard InChI is InChI=1S/C19H23BrN4O2S/c1-12-9-13(20)7-8-16(12)23-17(25)10-15-11-27-19(22-15)24-18(26)21-14-5-3-2-4-6-14/h7-9,11,14H,2-6,10H2,1H3,(H,23,25)(H2,21,22,24,26). The largest absolute Gasteiger partial charge is 0.335 e. The molecule has 1 aromatic carbocycles. The van der Waals surface area contributed by atoms with E-state index in [9.17, 15) is 9.59 Å². The lowest BCUT2D eigenvalue weighted by molar-refractivity contribution is -0.115. The minimum absolute atomic E-state index is 0.135. The summed E-state index contributed by atoms with van der Waals surface area (Å²) >= 11 is 4.73. The van der Waals surface area contributed by atoms with Gasteiger partial charge in [-0.05, 0) is 43.5 Å². The van der Waals surface area contributed by atoms with Gasteiger partial charge in [0.05, 0.1) is 12.1 Å². The van der Waals surface area contributed by atoms with Crippen LogP contribution < -0.4 is 16.0 Å². The lowest BCUT2D eigenvalue weighted by Gasteiger charge is -2.22. The zero-order chi connectivity index (χ0) is 19.2. The first-order valence-electron chi connectivity index (χ1n) is 9.07. The number of thiazole rings is 1. The summed E-state index contributed by atoms with van der Waals surface area (Å²) in [5.74, 6) is -0.135. The van der Waals surface area contributed by atoms with Crippen molar-refractivity contribution in [3.63, 3.8) is 0 Å². The summed E-state index contributed by atoms with van der Waals surface area (Å²) in [7, 11) is 0. The van der Waals surface area contributed by atoms with Crippen molar-refractivity contribution in [1.82, 2.24) is 10.3 Å². The Morgan fingerprint density at radius 3 is 2.74 bits per heavy atom. The number of aromatic nitrogens is 1. The van der Waals surface area contributed by atoms with Gasteiger partial charge in [0.25, 0.3) is 0 Å². The van der Waals surface area contributed by atoms with E-state index in [4.69, 9.17) is 0 Å². The van der Waals surface area contributed by atoms with Crippen LogP contribution in [0.3, 0.4) is 0 Å². The van der Waals surface area contributed by atoms with Crippen molar-refractivity contribution < 1.29 is 9.59 Å². The minimum Gasteiger partial charge on any atom is -0.335 e. The number of carbonyl (C=O) groups is 2. The first-order chi connectivity index (χ1) is 13.0. The summed E-state index contributed by atoms with van der Waals surface area (Å²) in [6, 6.07) is 5.72. The second-order valence-corrected chi connectivity index (χ2v) is 8.54. The molecule has 3 amide bonds. The Hall–Kier alpha value is -1.93. The molecular formula is C19H23BrN4O2S. The van der Waals surface area contributed by atoms with E-state index in [0.29, 0.717) is 10.8 Å². The van der Waals surface area contributed by atoms with E-state index in [2.05, 4.69) is 36.9 Å². The maximum atomic E-state index is 12.3. The van der Waals surface area contributed by atoms with Crippen LogP contribution in [0.1, 0.15) is 43.4 Å². The number of carbonyl (C=O) groups excluding carboxylic acids is 2. The van der Waals surface area contributed by atoms with Crippen molar-refractivity contribution in [1.29, 1.82) is 0 Å². The average molecular weight is 451 g/mol. The summed E-state index contributed by atoms with van der Waals surface area (Å²) in [5.41, 5.74) is 2.40. The number of amides is 3. The van der Waals surface area contributed by atoms with Gasteiger partial charge in [0.2, 0.25) is 5.91 Å². The van der Waals surface area contributed by atoms with Gasteiger partial charge in [-0.25, -0.2) is 9.78 Å². The fraction of sp³-hybridized carbons (Fsp3) is 0.421. The molecule has 1 heterocycles. The van der Waals surface area contributed by atoms with Crippen LogP contribution in [0.5, 0.6) is 0 Å². The third kappa shape index (κ3) is 6.04. The molecular weight excluding hydrogens is 428 g/mol. The number of halogens is 1. The number of aryl methyl sites for hydroxylation is 1. The molecule has 27 heavy (non-hydrogen) atoms. The van der Waals surface area contributed by atoms with Gasteiger partial charge in [-0.15, -0.1) is 11.3 Å². The van der Waals surface area contributed by atoms with Gasteiger partial charge < -0.3 is 10.6 Å². The lowest BCUT2D eigenvalue weighted by Crippen LogP contribution is -2.39. The van der Waals surface area contributed by atoms with Crippen LogP contribution in [0.15, 0.2) is 28.1 Å². The highest BCUT2D eigenvalue weighted by molar-refractivity contribution is 9.10. The van der Waals surface area contributed by atoms with Crippen molar-refractivity contribution in [3.8, 4) is 0 Å². The second kappa shape index (κ2) is 9.32. The van der Waals surface area contributed by atoms with E-state index in [1.165, 1.54) is 30.6 Å². The number of hydrogen-bond acceptors (Lipinski definition) is 4. The monoisotopic (exact) mass is 450 g/mol. The predicted octanol–water partition coefficient (Wildman–Crippen LogP) is 4.85. The Bertz CT molecular complexity index is 818. The quantitative estimate of drug-likeness (QED) is 0.608. The number of rotatable bonds is 5. The molecule has 2 aromatic rings. The number of hydrogen-bond donors (Lipinski definition) is 3. The first kappa shape index (κ1) is 19.8. The molecule has 0 spiro atoms. The molecule has 144 valence electrons. The van der Waals surface area contributed by atoms with Crippen molar-refractivity contribution in [2.45, 2.75) is 51.5 Å². The molecule has 0 aliphatic heterocycles. The van der Waals surface area contributed by atoms with E-state index in [-0.39, 0.29) is 24.4 Å². The summed E-state index contributed by atoms with van der Waals surface area (Å²) in [6.07, 6.45) is 5.81. The van der Waals surface area contributed by atoms with E-state index in [1.807, 2.05) is 25.1 Å². The summed E-state index contributed by atoms with van der Waals surface area (Å²) in [4.78, 5) is 28.7. The molecule has 0 unspecified atom stereocenters. The van der Waals surface area contributed by atoms with Crippen LogP contribution >= 0.6 is 27.3 Å². The van der Waals surface area contributed by atoms with Crippen LogP contribution in [0.25, 0.3) is 0 Å². The molecule has 3 N–H and O–H groups in total. The molecule has 1 aliphatic rings. The summed E-state index contributed by atoms with van der Waals surface area (Å²) < 4.78 is 0.972. The van der Waals surface area contributed by atoms with Crippen LogP contribution in [0.2, 0.25) is 0 Å². The molecule has 1 aromatic heterocycles. The van der Waals surface area contributed by atoms with Crippen LogP contribution in [0, 0.1) is 6.92 Å². The molecule has 0 radical (unpaired) electrons. The van der Waals surface area contributed by atoms with Crippen molar-refractivity contribution >= 4 is 50.0 Å². The van der Waals surface area contributed by atoms with E-state index >= 15 is 0 Å². The Balaban J connectivity index is 1.49. The predicted molar refractivity (Wildman–Crippen MR) is 112 cm³/mol. The van der Waals surface area contributed by atoms with Crippen molar-refractivity contribution in [3.05, 3.63) is 39.3 Å². The zero-order valence-electron chi connectivity index (χ0n) is 15.2. The third-order valence-electron chi connectivity index (χ3n) is 4.52. The Morgan fingerprint density at radius 2 is 2.00 bits per heavy atom. The number of urea groups is 1. The first-order valence-corrected chi connectivity index (χ1v) is 10.7. The Kier molecular flexibility index (Phi) is 6.84. The molecule has 0 atom stereocenters. The Morgan fingerprint density at radius 1 is 1.22 bits per heavy atom. The Labute approximate surface area is 171 Å². The fourth-order valence-corrected chi connectivity index (χ4v) is 4.32. The smallest absolute Gasteiger partial charge is 0.321 e. The molecule has 1 aliphatic carbocycles. The molecule has 0 bridgehead atoms. The molecule has 1 saturated carbocycles. The number of benzene rings is 1. The van der Waals surface area contributed by atoms with Crippen LogP contribution in [-0.4, -0.2) is 23.0 Å². The van der Waals surface area contributed by atoms with Gasteiger partial charge in [0, 0.05) is 21.6 Å². The number of nitrogens with zero attached hydrogens (tertiary/aromatic N) is 1. The third-order valence-corrected chi connectivity index (χ3v) is 5.82. The second-order valence-electron chi connectivity index (χ2n) is 6.76. The fourth-order valence-electron chi connectivity index (χ4n) is 3.14. The summed E-state index contributed by atoms with van der Waals surface area (Å²) in [5, 5.41) is 11.0. The normalized spacial score (nSPS) is 14.6. The molecule has 6 nitrogen and oxygen atoms in total. The minimum atomic E-state index is -0.224. The van der Waals surface area contributed by atoms with Gasteiger partial charge in [-0.3, -0.25) is 10.1 Å². The van der Waals surface area contributed by atoms with Gasteiger partial charge >= 0.3 is 6.03 Å². The zero-order valence-corrected chi connectivity index (χ0v) is 17.6. The van der Waals surface area contributed by atoms with Gasteiger partial charge in [0.15, 0.2) is 5.13 Å². The van der Waals surface area contributed by atoms with Crippen molar-refractivity contribution in [2.24, 2.45) is 0 Å². The van der Waals surface area contributed by atoms with E-state index in [0.717, 1.165) is 28.6 Å². The topological polar surface area (TPSA) is 83.1 Å². The number of anilines is 2. The highest BCUT2D eigenvalue weighted by Crippen LogP contribution is 2.21. The highest BCUT2D eigenvalue weighted by atomic mass is 79.9. The van der Waals surface area contributed by atoms with Crippen molar-refractivity contribution in [2.75, 3.05) is 10.6 Å². The van der Waals surface area contributed by atoms with Gasteiger partial charge in [-0.1, -0.05) is 35.2 Å². The maximum absolute atomic E-state index is 12.3. The van der Waals surface area contributed by atoms with Crippen LogP contribution in [0.4, 0.5) is 15.6 Å². The average Bonchev–Trinajstić information content (AvgIpc) is 3.05. The maximum Gasteiger partial charge on any atom is 0.321 e. The SMILES string of the molecule is Cc1cc(Br)ccc1NC(=O)Cc1csc(NC(=O)NC2CCCCC2)n1. The lowest BCUT2D eigenvalue weighted by atomic mass is 9.96. The number of nitrogens with one attached hydrogen (secondary N) is 3.